The number of hydrogen-bond acceptors (Lipinski definition) is 3. The minimum absolute atomic E-state index is 0.174. The number of pyridine rings is 1. The molecule has 146 valence electrons. The fraction of sp³-hybridized carbons (Fsp3) is 0.250. The molecule has 1 saturated heterocycles. The first-order valence-corrected chi connectivity index (χ1v) is 8.69. The lowest BCUT2D eigenvalue weighted by Crippen LogP contribution is -2.50. The van der Waals surface area contributed by atoms with Crippen LogP contribution in [0, 0.1) is 0 Å². The molecule has 0 spiro atoms. The molecular formula is C20H18F3N3O2. The zero-order valence-electron chi connectivity index (χ0n) is 14.9. The monoisotopic (exact) mass is 389 g/mol. The van der Waals surface area contributed by atoms with Gasteiger partial charge >= 0.3 is 6.18 Å². The van der Waals surface area contributed by atoms with Gasteiger partial charge in [-0.15, -0.1) is 0 Å². The molecule has 1 aliphatic rings. The van der Waals surface area contributed by atoms with Crippen LogP contribution in [0.4, 0.5) is 13.2 Å². The lowest BCUT2D eigenvalue weighted by molar-refractivity contribution is -0.137. The third-order valence-electron chi connectivity index (χ3n) is 4.42. The minimum Gasteiger partial charge on any atom is -0.336 e. The minimum atomic E-state index is -4.43. The van der Waals surface area contributed by atoms with Crippen molar-refractivity contribution < 1.29 is 22.8 Å². The van der Waals surface area contributed by atoms with Crippen LogP contribution in [0.25, 0.3) is 6.08 Å². The number of aromatic nitrogens is 1. The zero-order chi connectivity index (χ0) is 20.1. The van der Waals surface area contributed by atoms with Gasteiger partial charge in [-0.05, 0) is 42.5 Å². The van der Waals surface area contributed by atoms with Crippen LogP contribution in [-0.2, 0) is 11.0 Å². The largest absolute Gasteiger partial charge is 0.416 e. The van der Waals surface area contributed by atoms with E-state index in [0.29, 0.717) is 31.9 Å². The number of halogens is 3. The fourth-order valence-electron chi connectivity index (χ4n) is 2.85. The second-order valence-electron chi connectivity index (χ2n) is 6.28. The number of amides is 2. The molecule has 0 atom stereocenters. The van der Waals surface area contributed by atoms with E-state index in [4.69, 9.17) is 0 Å². The number of carbonyl (C=O) groups is 2. The van der Waals surface area contributed by atoms with E-state index < -0.39 is 11.7 Å². The Morgan fingerprint density at radius 1 is 0.929 bits per heavy atom. The van der Waals surface area contributed by atoms with Crippen molar-refractivity contribution in [1.29, 1.82) is 0 Å². The van der Waals surface area contributed by atoms with Crippen LogP contribution in [0.2, 0.25) is 0 Å². The van der Waals surface area contributed by atoms with E-state index in [-0.39, 0.29) is 17.4 Å². The molecule has 1 fully saturated rings. The summed E-state index contributed by atoms with van der Waals surface area (Å²) in [6.07, 6.45) is 0.268. The Bertz CT molecular complexity index is 857. The maximum Gasteiger partial charge on any atom is 0.416 e. The fourth-order valence-corrected chi connectivity index (χ4v) is 2.85. The molecule has 0 N–H and O–H groups in total. The number of carbonyl (C=O) groups excluding carboxylic acids is 2. The molecule has 0 bridgehead atoms. The second-order valence-corrected chi connectivity index (χ2v) is 6.28. The SMILES string of the molecule is O=C(/C=C/c1ccccn1)N1CCN(C(=O)c2ccc(C(F)(F)F)cc2)CC1. The smallest absolute Gasteiger partial charge is 0.336 e. The van der Waals surface area contributed by atoms with Gasteiger partial charge in [-0.2, -0.15) is 13.2 Å². The Balaban J connectivity index is 1.55. The molecule has 0 radical (unpaired) electrons. The maximum atomic E-state index is 12.6. The van der Waals surface area contributed by atoms with Gasteiger partial charge in [-0.25, -0.2) is 0 Å². The Morgan fingerprint density at radius 2 is 1.57 bits per heavy atom. The van der Waals surface area contributed by atoms with Gasteiger partial charge in [0.15, 0.2) is 0 Å². The van der Waals surface area contributed by atoms with E-state index in [0.717, 1.165) is 12.1 Å². The van der Waals surface area contributed by atoms with Crippen LogP contribution in [0.5, 0.6) is 0 Å². The molecular weight excluding hydrogens is 371 g/mol. The Labute approximate surface area is 160 Å². The quantitative estimate of drug-likeness (QED) is 0.758. The summed E-state index contributed by atoms with van der Waals surface area (Å²) >= 11 is 0. The van der Waals surface area contributed by atoms with Gasteiger partial charge < -0.3 is 9.80 Å². The molecule has 0 saturated carbocycles. The highest BCUT2D eigenvalue weighted by Gasteiger charge is 2.31. The summed E-state index contributed by atoms with van der Waals surface area (Å²) in [7, 11) is 0. The Kier molecular flexibility index (Phi) is 5.77. The van der Waals surface area contributed by atoms with E-state index in [1.54, 1.807) is 29.3 Å². The van der Waals surface area contributed by atoms with Crippen molar-refractivity contribution in [3.63, 3.8) is 0 Å². The normalized spacial score (nSPS) is 15.1. The van der Waals surface area contributed by atoms with Gasteiger partial charge in [0.1, 0.15) is 0 Å². The Hall–Kier alpha value is -3.16. The number of benzene rings is 1. The summed E-state index contributed by atoms with van der Waals surface area (Å²) in [4.78, 5) is 32.0. The lowest BCUT2D eigenvalue weighted by atomic mass is 10.1. The third-order valence-corrected chi connectivity index (χ3v) is 4.42. The van der Waals surface area contributed by atoms with E-state index >= 15 is 0 Å². The molecule has 8 heteroatoms. The Morgan fingerprint density at radius 3 is 2.14 bits per heavy atom. The molecule has 1 aliphatic heterocycles. The summed E-state index contributed by atoms with van der Waals surface area (Å²) < 4.78 is 37.9. The summed E-state index contributed by atoms with van der Waals surface area (Å²) in [6, 6.07) is 9.54. The van der Waals surface area contributed by atoms with Crippen LogP contribution in [0.1, 0.15) is 21.6 Å². The van der Waals surface area contributed by atoms with Gasteiger partial charge in [0, 0.05) is 44.0 Å². The van der Waals surface area contributed by atoms with Gasteiger partial charge in [-0.1, -0.05) is 6.07 Å². The molecule has 2 amide bonds. The van der Waals surface area contributed by atoms with Crippen molar-refractivity contribution in [3.8, 4) is 0 Å². The number of alkyl halides is 3. The molecule has 2 aromatic rings. The second kappa shape index (κ2) is 8.24. The molecule has 28 heavy (non-hydrogen) atoms. The molecule has 0 unspecified atom stereocenters. The van der Waals surface area contributed by atoms with Crippen molar-refractivity contribution in [2.45, 2.75) is 6.18 Å². The number of rotatable bonds is 3. The predicted octanol–water partition coefficient (Wildman–Crippen LogP) is 3.10. The van der Waals surface area contributed by atoms with E-state index in [9.17, 15) is 22.8 Å². The summed E-state index contributed by atoms with van der Waals surface area (Å²) in [6.45, 7) is 1.36. The predicted molar refractivity (Wildman–Crippen MR) is 97.2 cm³/mol. The topological polar surface area (TPSA) is 53.5 Å². The van der Waals surface area contributed by atoms with Crippen LogP contribution in [0.3, 0.4) is 0 Å². The first-order chi connectivity index (χ1) is 13.3. The number of nitrogens with zero attached hydrogens (tertiary/aromatic N) is 3. The lowest BCUT2D eigenvalue weighted by Gasteiger charge is -2.34. The van der Waals surface area contributed by atoms with Crippen molar-refractivity contribution in [2.75, 3.05) is 26.2 Å². The van der Waals surface area contributed by atoms with Crippen molar-refractivity contribution >= 4 is 17.9 Å². The molecule has 2 heterocycles. The average Bonchev–Trinajstić information content (AvgIpc) is 2.72. The molecule has 1 aromatic carbocycles. The number of hydrogen-bond donors (Lipinski definition) is 0. The standard InChI is InChI=1S/C20H18F3N3O2/c21-20(22,23)16-6-4-15(5-7-16)19(28)26-13-11-25(12-14-26)18(27)9-8-17-3-1-2-10-24-17/h1-10H,11-14H2/b9-8+. The van der Waals surface area contributed by atoms with Crippen molar-refractivity contribution in [1.82, 2.24) is 14.8 Å². The summed E-state index contributed by atoms with van der Waals surface area (Å²) in [5.41, 5.74) is 0.0777. The zero-order valence-corrected chi connectivity index (χ0v) is 14.9. The van der Waals surface area contributed by atoms with Crippen LogP contribution in [0.15, 0.2) is 54.7 Å². The van der Waals surface area contributed by atoms with Crippen molar-refractivity contribution in [3.05, 3.63) is 71.6 Å². The maximum absolute atomic E-state index is 12.6. The van der Waals surface area contributed by atoms with Crippen molar-refractivity contribution in [2.24, 2.45) is 0 Å². The van der Waals surface area contributed by atoms with Crippen LogP contribution in [-0.4, -0.2) is 52.8 Å². The average molecular weight is 389 g/mol. The summed E-state index contributed by atoms with van der Waals surface area (Å²) in [5, 5.41) is 0. The van der Waals surface area contributed by atoms with Gasteiger partial charge in [0.05, 0.1) is 11.3 Å². The van der Waals surface area contributed by atoms with E-state index in [2.05, 4.69) is 4.98 Å². The highest BCUT2D eigenvalue weighted by Crippen LogP contribution is 2.29. The highest BCUT2D eigenvalue weighted by molar-refractivity contribution is 5.95. The molecule has 5 nitrogen and oxygen atoms in total. The first-order valence-electron chi connectivity index (χ1n) is 8.69. The van der Waals surface area contributed by atoms with Gasteiger partial charge in [-0.3, -0.25) is 14.6 Å². The highest BCUT2D eigenvalue weighted by atomic mass is 19.4. The van der Waals surface area contributed by atoms with E-state index in [1.807, 2.05) is 6.07 Å². The van der Waals surface area contributed by atoms with Gasteiger partial charge in [0.2, 0.25) is 5.91 Å². The number of piperazine rings is 1. The van der Waals surface area contributed by atoms with Gasteiger partial charge in [0.25, 0.3) is 5.91 Å². The first kappa shape index (κ1) is 19.6. The van der Waals surface area contributed by atoms with E-state index in [1.165, 1.54) is 23.1 Å². The van der Waals surface area contributed by atoms with Crippen LogP contribution < -0.4 is 0 Å². The molecule has 3 rings (SSSR count). The molecule has 1 aromatic heterocycles. The third kappa shape index (κ3) is 4.76. The molecule has 0 aliphatic carbocycles. The van der Waals surface area contributed by atoms with Crippen LogP contribution >= 0.6 is 0 Å². The summed E-state index contributed by atoms with van der Waals surface area (Å²) in [5.74, 6) is -0.517.